The second-order valence-electron chi connectivity index (χ2n) is 10.2. The zero-order valence-corrected chi connectivity index (χ0v) is 26.5. The van der Waals surface area contributed by atoms with Crippen LogP contribution in [0.2, 0.25) is 5.02 Å². The first-order valence-electron chi connectivity index (χ1n) is 14.2. The van der Waals surface area contributed by atoms with Crippen LogP contribution in [0.25, 0.3) is 0 Å². The molecule has 0 unspecified atom stereocenters. The SMILES string of the molecule is CCNC(=O)[C@@H](Cc1ccccc1)N(Cc1ccc(Cl)cc1)C(=O)CN(c1cc(C)ccc1OC)S(=O)(=O)c1ccccc1. The van der Waals surface area contributed by atoms with E-state index in [1.54, 1.807) is 67.6 Å². The average molecular weight is 634 g/mol. The van der Waals surface area contributed by atoms with Gasteiger partial charge in [0.05, 0.1) is 17.7 Å². The van der Waals surface area contributed by atoms with Gasteiger partial charge in [0.1, 0.15) is 18.3 Å². The molecule has 4 aromatic rings. The molecular formula is C34H36ClN3O5S. The molecule has 0 saturated carbocycles. The topological polar surface area (TPSA) is 96.0 Å². The number of benzene rings is 4. The Balaban J connectivity index is 1.83. The number of amides is 2. The van der Waals surface area contributed by atoms with Gasteiger partial charge in [-0.05, 0) is 66.9 Å². The number of rotatable bonds is 13. The molecule has 0 radical (unpaired) electrons. The zero-order valence-electron chi connectivity index (χ0n) is 24.9. The second-order valence-corrected chi connectivity index (χ2v) is 12.5. The number of halogens is 1. The van der Waals surface area contributed by atoms with Crippen molar-refractivity contribution in [3.05, 3.63) is 125 Å². The fraction of sp³-hybridized carbons (Fsp3) is 0.235. The molecular weight excluding hydrogens is 598 g/mol. The second kappa shape index (κ2) is 14.9. The van der Waals surface area contributed by atoms with Crippen molar-refractivity contribution < 1.29 is 22.7 Å². The van der Waals surface area contributed by atoms with Crippen LogP contribution in [0, 0.1) is 6.92 Å². The summed E-state index contributed by atoms with van der Waals surface area (Å²) in [6.07, 6.45) is 0.227. The number of sulfonamides is 1. The van der Waals surface area contributed by atoms with Gasteiger partial charge in [0, 0.05) is 24.5 Å². The Morgan fingerprint density at radius 3 is 2.14 bits per heavy atom. The largest absolute Gasteiger partial charge is 0.495 e. The summed E-state index contributed by atoms with van der Waals surface area (Å²) in [7, 11) is -2.79. The normalized spacial score (nSPS) is 11.8. The van der Waals surface area contributed by atoms with Gasteiger partial charge in [-0.3, -0.25) is 13.9 Å². The summed E-state index contributed by atoms with van der Waals surface area (Å²) in [5.41, 5.74) is 2.58. The Morgan fingerprint density at radius 2 is 1.52 bits per heavy atom. The molecule has 8 nitrogen and oxygen atoms in total. The number of aryl methyl sites for hydroxylation is 1. The Kier molecular flexibility index (Phi) is 11.0. The first kappa shape index (κ1) is 32.6. The van der Waals surface area contributed by atoms with Crippen LogP contribution in [0.1, 0.15) is 23.6 Å². The molecule has 0 saturated heterocycles. The molecule has 1 N–H and O–H groups in total. The average Bonchev–Trinajstić information content (AvgIpc) is 3.03. The van der Waals surface area contributed by atoms with Crippen LogP contribution in [0.5, 0.6) is 5.75 Å². The van der Waals surface area contributed by atoms with E-state index in [9.17, 15) is 18.0 Å². The van der Waals surface area contributed by atoms with E-state index in [0.717, 1.165) is 21.0 Å². The maximum absolute atomic E-state index is 14.5. The fourth-order valence-corrected chi connectivity index (χ4v) is 6.42. The zero-order chi connectivity index (χ0) is 31.7. The minimum atomic E-state index is -4.24. The minimum absolute atomic E-state index is 0.0187. The van der Waals surface area contributed by atoms with Crippen molar-refractivity contribution in [3.8, 4) is 5.75 Å². The molecule has 10 heteroatoms. The Bertz CT molecular complexity index is 1670. The molecule has 0 fully saturated rings. The van der Waals surface area contributed by atoms with Crippen LogP contribution < -0.4 is 14.4 Å². The number of hydrogen-bond donors (Lipinski definition) is 1. The quantitative estimate of drug-likeness (QED) is 0.206. The van der Waals surface area contributed by atoms with Gasteiger partial charge >= 0.3 is 0 Å². The van der Waals surface area contributed by atoms with Gasteiger partial charge in [-0.2, -0.15) is 0 Å². The molecule has 0 aliphatic carbocycles. The van der Waals surface area contributed by atoms with Crippen LogP contribution in [0.4, 0.5) is 5.69 Å². The summed E-state index contributed by atoms with van der Waals surface area (Å²) in [5, 5.41) is 3.39. The van der Waals surface area contributed by atoms with Gasteiger partial charge < -0.3 is 15.0 Å². The van der Waals surface area contributed by atoms with Gasteiger partial charge in [0.2, 0.25) is 11.8 Å². The fourth-order valence-electron chi connectivity index (χ4n) is 4.86. The van der Waals surface area contributed by atoms with E-state index < -0.39 is 28.5 Å². The number of nitrogens with one attached hydrogen (secondary N) is 1. The molecule has 0 aliphatic heterocycles. The van der Waals surface area contributed by atoms with Gasteiger partial charge in [0.25, 0.3) is 10.0 Å². The molecule has 0 aromatic heterocycles. The first-order valence-corrected chi connectivity index (χ1v) is 16.0. The standard InChI is InChI=1S/C34H36ClN3O5S/c1-4-36-34(40)31(22-26-11-7-5-8-12-26)37(23-27-16-18-28(35)19-17-27)33(39)24-38(30-21-25(2)15-20-32(30)43-3)44(41,42)29-13-9-6-10-14-29/h5-21,31H,4,22-24H2,1-3H3,(H,36,40)/t31-/m1/s1. The Morgan fingerprint density at radius 1 is 0.886 bits per heavy atom. The number of ether oxygens (including phenoxy) is 1. The van der Waals surface area contributed by atoms with Crippen LogP contribution in [-0.2, 0) is 32.6 Å². The van der Waals surface area contributed by atoms with Gasteiger partial charge in [0.15, 0.2) is 0 Å². The molecule has 0 bridgehead atoms. The van der Waals surface area contributed by atoms with Crippen molar-refractivity contribution in [1.29, 1.82) is 0 Å². The van der Waals surface area contributed by atoms with Crippen molar-refractivity contribution in [2.75, 3.05) is 24.5 Å². The van der Waals surface area contributed by atoms with E-state index in [4.69, 9.17) is 16.3 Å². The first-order chi connectivity index (χ1) is 21.1. The van der Waals surface area contributed by atoms with Gasteiger partial charge in [-0.25, -0.2) is 8.42 Å². The maximum Gasteiger partial charge on any atom is 0.264 e. The number of anilines is 1. The van der Waals surface area contributed by atoms with Crippen molar-refractivity contribution in [3.63, 3.8) is 0 Å². The number of nitrogens with zero attached hydrogens (tertiary/aromatic N) is 2. The Labute approximate surface area is 264 Å². The lowest BCUT2D eigenvalue weighted by molar-refractivity contribution is -0.140. The van der Waals surface area contributed by atoms with E-state index in [1.165, 1.54) is 24.1 Å². The number of carbonyl (C=O) groups excluding carboxylic acids is 2. The number of likely N-dealkylation sites (N-methyl/N-ethyl adjacent to an activating group) is 1. The lowest BCUT2D eigenvalue weighted by atomic mass is 10.0. The van der Waals surface area contributed by atoms with Gasteiger partial charge in [-0.15, -0.1) is 0 Å². The van der Waals surface area contributed by atoms with Gasteiger partial charge in [-0.1, -0.05) is 78.3 Å². The van der Waals surface area contributed by atoms with Crippen molar-refractivity contribution in [2.45, 2.75) is 37.8 Å². The molecule has 0 heterocycles. The third-order valence-electron chi connectivity index (χ3n) is 7.10. The van der Waals surface area contributed by atoms with Crippen LogP contribution >= 0.6 is 11.6 Å². The van der Waals surface area contributed by atoms with Crippen LogP contribution in [-0.4, -0.2) is 51.4 Å². The van der Waals surface area contributed by atoms with E-state index in [2.05, 4.69) is 5.32 Å². The van der Waals surface area contributed by atoms with Crippen LogP contribution in [0.15, 0.2) is 108 Å². The van der Waals surface area contributed by atoms with E-state index in [0.29, 0.717) is 11.6 Å². The molecule has 0 spiro atoms. The number of carbonyl (C=O) groups is 2. The minimum Gasteiger partial charge on any atom is -0.495 e. The molecule has 2 amide bonds. The van der Waals surface area contributed by atoms with E-state index >= 15 is 0 Å². The summed E-state index contributed by atoms with van der Waals surface area (Å²) < 4.78 is 34.9. The summed E-state index contributed by atoms with van der Waals surface area (Å²) in [6.45, 7) is 3.48. The highest BCUT2D eigenvalue weighted by Crippen LogP contribution is 2.34. The summed E-state index contributed by atoms with van der Waals surface area (Å²) >= 11 is 6.13. The lowest BCUT2D eigenvalue weighted by Crippen LogP contribution is -2.53. The third kappa shape index (κ3) is 7.98. The van der Waals surface area contributed by atoms with Crippen LogP contribution in [0.3, 0.4) is 0 Å². The van der Waals surface area contributed by atoms with Crippen molar-refractivity contribution >= 4 is 39.1 Å². The molecule has 4 rings (SSSR count). The van der Waals surface area contributed by atoms with E-state index in [-0.39, 0.29) is 35.2 Å². The van der Waals surface area contributed by atoms with Crippen molar-refractivity contribution in [1.82, 2.24) is 10.2 Å². The van der Waals surface area contributed by atoms with E-state index in [1.807, 2.05) is 37.3 Å². The number of methoxy groups -OCH3 is 1. The highest BCUT2D eigenvalue weighted by atomic mass is 35.5. The summed E-state index contributed by atoms with van der Waals surface area (Å²) in [4.78, 5) is 29.5. The summed E-state index contributed by atoms with van der Waals surface area (Å²) in [5.74, 6) is -0.615. The predicted octanol–water partition coefficient (Wildman–Crippen LogP) is 5.63. The summed E-state index contributed by atoms with van der Waals surface area (Å²) in [6, 6.07) is 28.5. The molecule has 4 aromatic carbocycles. The number of hydrogen-bond acceptors (Lipinski definition) is 5. The molecule has 230 valence electrons. The smallest absolute Gasteiger partial charge is 0.264 e. The Hall–Kier alpha value is -4.34. The predicted molar refractivity (Wildman–Crippen MR) is 173 cm³/mol. The lowest BCUT2D eigenvalue weighted by Gasteiger charge is -2.34. The maximum atomic E-state index is 14.5. The van der Waals surface area contributed by atoms with Crippen molar-refractivity contribution in [2.24, 2.45) is 0 Å². The highest BCUT2D eigenvalue weighted by Gasteiger charge is 2.35. The third-order valence-corrected chi connectivity index (χ3v) is 9.13. The monoisotopic (exact) mass is 633 g/mol. The highest BCUT2D eigenvalue weighted by molar-refractivity contribution is 7.92. The molecule has 0 aliphatic rings. The molecule has 44 heavy (non-hydrogen) atoms. The molecule has 1 atom stereocenters.